The van der Waals surface area contributed by atoms with E-state index in [9.17, 15) is 8.78 Å². The average Bonchev–Trinajstić information content (AvgIpc) is 2.40. The van der Waals surface area contributed by atoms with Gasteiger partial charge in [-0.2, -0.15) is 0 Å². The fourth-order valence-electron chi connectivity index (χ4n) is 2.11. The van der Waals surface area contributed by atoms with Crippen molar-refractivity contribution in [2.75, 3.05) is 11.9 Å². The summed E-state index contributed by atoms with van der Waals surface area (Å²) >= 11 is 0. The molecule has 0 aliphatic rings. The molecule has 2 aromatic carbocycles. The maximum atomic E-state index is 13.9. The van der Waals surface area contributed by atoms with Gasteiger partial charge in [-0.3, -0.25) is 0 Å². The van der Waals surface area contributed by atoms with E-state index in [1.807, 2.05) is 0 Å². The average molecular weight is 262 g/mol. The highest BCUT2D eigenvalue weighted by atomic mass is 19.1. The Morgan fingerprint density at radius 2 is 1.58 bits per heavy atom. The summed E-state index contributed by atoms with van der Waals surface area (Å²) < 4.78 is 27.5. The van der Waals surface area contributed by atoms with E-state index < -0.39 is 0 Å². The van der Waals surface area contributed by atoms with Gasteiger partial charge in [0, 0.05) is 25.7 Å². The molecular weight excluding hydrogens is 246 g/mol. The van der Waals surface area contributed by atoms with E-state index in [2.05, 4.69) is 0 Å². The van der Waals surface area contributed by atoms with Crippen LogP contribution in [0.1, 0.15) is 11.1 Å². The predicted molar refractivity (Wildman–Crippen MR) is 72.8 cm³/mol. The summed E-state index contributed by atoms with van der Waals surface area (Å²) in [7, 11) is 1.73. The lowest BCUT2D eigenvalue weighted by Gasteiger charge is -2.23. The zero-order chi connectivity index (χ0) is 13.8. The summed E-state index contributed by atoms with van der Waals surface area (Å²) in [5, 5.41) is 0. The Morgan fingerprint density at radius 3 is 2.26 bits per heavy atom. The number of benzene rings is 2. The van der Waals surface area contributed by atoms with E-state index in [1.54, 1.807) is 42.3 Å². The van der Waals surface area contributed by atoms with Crippen LogP contribution in [0.15, 0.2) is 42.5 Å². The Morgan fingerprint density at radius 1 is 0.947 bits per heavy atom. The van der Waals surface area contributed by atoms with Crippen molar-refractivity contribution < 1.29 is 8.78 Å². The van der Waals surface area contributed by atoms with E-state index in [0.29, 0.717) is 23.4 Å². The Kier molecular flexibility index (Phi) is 4.12. The molecule has 0 saturated heterocycles. The van der Waals surface area contributed by atoms with Gasteiger partial charge in [-0.05, 0) is 17.7 Å². The third-order valence-electron chi connectivity index (χ3n) is 3.04. The summed E-state index contributed by atoms with van der Waals surface area (Å²) in [6.45, 7) is 0.537. The van der Waals surface area contributed by atoms with Crippen molar-refractivity contribution in [1.82, 2.24) is 0 Å². The standard InChI is InChI=1S/C15H16F2N2/c1-19(10-12-5-2-3-7-13(12)16)15-11(9-18)6-4-8-14(15)17/h2-8H,9-10,18H2,1H3. The second-order valence-corrected chi connectivity index (χ2v) is 4.40. The van der Waals surface area contributed by atoms with Crippen molar-refractivity contribution in [2.24, 2.45) is 5.73 Å². The summed E-state index contributed by atoms with van der Waals surface area (Å²) in [5.74, 6) is -0.637. The number of nitrogens with zero attached hydrogens (tertiary/aromatic N) is 1. The van der Waals surface area contributed by atoms with Gasteiger partial charge >= 0.3 is 0 Å². The predicted octanol–water partition coefficient (Wildman–Crippen LogP) is 3.06. The molecule has 0 amide bonds. The molecular formula is C15H16F2N2. The van der Waals surface area contributed by atoms with Gasteiger partial charge in [0.15, 0.2) is 0 Å². The highest BCUT2D eigenvalue weighted by Gasteiger charge is 2.13. The summed E-state index contributed by atoms with van der Waals surface area (Å²) in [6.07, 6.45) is 0. The lowest BCUT2D eigenvalue weighted by molar-refractivity contribution is 0.600. The molecule has 0 heterocycles. The van der Waals surface area contributed by atoms with Crippen molar-refractivity contribution in [1.29, 1.82) is 0 Å². The molecule has 4 heteroatoms. The molecule has 0 aliphatic carbocycles. The van der Waals surface area contributed by atoms with Crippen LogP contribution in [0.2, 0.25) is 0 Å². The molecule has 0 fully saturated rings. The van der Waals surface area contributed by atoms with E-state index in [4.69, 9.17) is 5.73 Å². The van der Waals surface area contributed by atoms with Crippen molar-refractivity contribution in [3.8, 4) is 0 Å². The summed E-state index contributed by atoms with van der Waals surface area (Å²) in [6, 6.07) is 11.3. The lowest BCUT2D eigenvalue weighted by Crippen LogP contribution is -2.21. The topological polar surface area (TPSA) is 29.3 Å². The number of nitrogens with two attached hydrogens (primary N) is 1. The molecule has 0 radical (unpaired) electrons. The zero-order valence-electron chi connectivity index (χ0n) is 10.7. The van der Waals surface area contributed by atoms with Crippen LogP contribution in [0.3, 0.4) is 0 Å². The van der Waals surface area contributed by atoms with Crippen molar-refractivity contribution in [3.63, 3.8) is 0 Å². The molecule has 0 saturated carbocycles. The van der Waals surface area contributed by atoms with Crippen LogP contribution in [0.5, 0.6) is 0 Å². The largest absolute Gasteiger partial charge is 0.368 e. The second kappa shape index (κ2) is 5.80. The number of anilines is 1. The van der Waals surface area contributed by atoms with Crippen molar-refractivity contribution in [3.05, 3.63) is 65.2 Å². The number of para-hydroxylation sites is 1. The quantitative estimate of drug-likeness (QED) is 0.917. The molecule has 19 heavy (non-hydrogen) atoms. The number of rotatable bonds is 4. The van der Waals surface area contributed by atoms with E-state index in [0.717, 1.165) is 0 Å². The molecule has 2 nitrogen and oxygen atoms in total. The molecule has 2 aromatic rings. The molecule has 0 aliphatic heterocycles. The first-order valence-corrected chi connectivity index (χ1v) is 6.05. The SMILES string of the molecule is CN(Cc1ccccc1F)c1c(F)cccc1CN. The Labute approximate surface area is 111 Å². The minimum absolute atomic E-state index is 0.245. The van der Waals surface area contributed by atoms with Crippen molar-refractivity contribution in [2.45, 2.75) is 13.1 Å². The molecule has 100 valence electrons. The third-order valence-corrected chi connectivity index (χ3v) is 3.04. The van der Waals surface area contributed by atoms with Crippen LogP contribution < -0.4 is 10.6 Å². The van der Waals surface area contributed by atoms with Gasteiger partial charge in [0.1, 0.15) is 11.6 Å². The highest BCUT2D eigenvalue weighted by Crippen LogP contribution is 2.25. The molecule has 0 unspecified atom stereocenters. The molecule has 2 rings (SSSR count). The van der Waals surface area contributed by atoms with Gasteiger partial charge in [0.2, 0.25) is 0 Å². The second-order valence-electron chi connectivity index (χ2n) is 4.40. The van der Waals surface area contributed by atoms with Gasteiger partial charge in [-0.1, -0.05) is 30.3 Å². The highest BCUT2D eigenvalue weighted by molar-refractivity contribution is 5.54. The van der Waals surface area contributed by atoms with Crippen LogP contribution in [-0.4, -0.2) is 7.05 Å². The summed E-state index contributed by atoms with van der Waals surface area (Å²) in [5.41, 5.74) is 7.27. The van der Waals surface area contributed by atoms with E-state index in [1.165, 1.54) is 12.1 Å². The summed E-state index contributed by atoms with van der Waals surface area (Å²) in [4.78, 5) is 1.68. The van der Waals surface area contributed by atoms with Crippen LogP contribution in [0.4, 0.5) is 14.5 Å². The van der Waals surface area contributed by atoms with Gasteiger partial charge < -0.3 is 10.6 Å². The Balaban J connectivity index is 2.30. The van der Waals surface area contributed by atoms with E-state index >= 15 is 0 Å². The molecule has 2 N–H and O–H groups in total. The zero-order valence-corrected chi connectivity index (χ0v) is 10.7. The van der Waals surface area contributed by atoms with Crippen LogP contribution >= 0.6 is 0 Å². The van der Waals surface area contributed by atoms with Crippen LogP contribution in [0, 0.1) is 11.6 Å². The van der Waals surface area contributed by atoms with Gasteiger partial charge in [0.05, 0.1) is 5.69 Å². The lowest BCUT2D eigenvalue weighted by atomic mass is 10.1. The number of halogens is 2. The monoisotopic (exact) mass is 262 g/mol. The molecule has 0 aromatic heterocycles. The van der Waals surface area contributed by atoms with Gasteiger partial charge in [0.25, 0.3) is 0 Å². The fraction of sp³-hybridized carbons (Fsp3) is 0.200. The molecule has 0 bridgehead atoms. The smallest absolute Gasteiger partial charge is 0.146 e. The van der Waals surface area contributed by atoms with Crippen LogP contribution in [-0.2, 0) is 13.1 Å². The molecule has 0 spiro atoms. The normalized spacial score (nSPS) is 10.5. The van der Waals surface area contributed by atoms with Gasteiger partial charge in [-0.15, -0.1) is 0 Å². The van der Waals surface area contributed by atoms with E-state index in [-0.39, 0.29) is 18.2 Å². The first-order valence-electron chi connectivity index (χ1n) is 6.05. The Bertz CT molecular complexity index is 570. The maximum Gasteiger partial charge on any atom is 0.146 e. The maximum absolute atomic E-state index is 13.9. The Hall–Kier alpha value is -1.94. The fourth-order valence-corrected chi connectivity index (χ4v) is 2.11. The third kappa shape index (κ3) is 2.90. The first-order chi connectivity index (χ1) is 9.13. The van der Waals surface area contributed by atoms with Crippen LogP contribution in [0.25, 0.3) is 0 Å². The minimum Gasteiger partial charge on any atom is -0.368 e. The number of hydrogen-bond donors (Lipinski definition) is 1. The minimum atomic E-state index is -0.346. The van der Waals surface area contributed by atoms with Crippen molar-refractivity contribution >= 4 is 5.69 Å². The molecule has 0 atom stereocenters. The van der Waals surface area contributed by atoms with Gasteiger partial charge in [-0.25, -0.2) is 8.78 Å². The first kappa shape index (κ1) is 13.5. The number of hydrogen-bond acceptors (Lipinski definition) is 2.